The lowest BCUT2D eigenvalue weighted by molar-refractivity contribution is 0.0732. The Balaban J connectivity index is 1.47. The van der Waals surface area contributed by atoms with E-state index < -0.39 is 0 Å². The van der Waals surface area contributed by atoms with Gasteiger partial charge in [-0.1, -0.05) is 12.1 Å². The number of aliphatic hydroxyl groups excluding tert-OH is 1. The van der Waals surface area contributed by atoms with Crippen LogP contribution in [0.2, 0.25) is 0 Å². The van der Waals surface area contributed by atoms with Crippen LogP contribution in [0, 0.1) is 5.82 Å². The van der Waals surface area contributed by atoms with Gasteiger partial charge in [-0.3, -0.25) is 0 Å². The predicted molar refractivity (Wildman–Crippen MR) is 80.4 cm³/mol. The van der Waals surface area contributed by atoms with Gasteiger partial charge in [-0.25, -0.2) is 14.4 Å². The lowest BCUT2D eigenvalue weighted by Gasteiger charge is -2.30. The minimum absolute atomic E-state index is 0.203. The van der Waals surface area contributed by atoms with Gasteiger partial charge in [0.05, 0.1) is 12.6 Å². The van der Waals surface area contributed by atoms with E-state index in [4.69, 9.17) is 4.74 Å². The number of anilines is 1. The molecule has 1 aromatic carbocycles. The van der Waals surface area contributed by atoms with Crippen LogP contribution in [0.5, 0.6) is 5.75 Å². The second-order valence-corrected chi connectivity index (χ2v) is 5.36. The molecule has 0 spiro atoms. The van der Waals surface area contributed by atoms with Crippen molar-refractivity contribution in [1.29, 1.82) is 0 Å². The van der Waals surface area contributed by atoms with Crippen molar-refractivity contribution in [2.24, 2.45) is 0 Å². The molecule has 1 aliphatic carbocycles. The number of hydrogen-bond acceptors (Lipinski definition) is 5. The number of halogens is 1. The summed E-state index contributed by atoms with van der Waals surface area (Å²) in [5.41, 5.74) is 0.942. The highest BCUT2D eigenvalue weighted by Gasteiger charge is 2.29. The highest BCUT2D eigenvalue weighted by atomic mass is 19.1. The van der Waals surface area contributed by atoms with Gasteiger partial charge in [-0.05, 0) is 25.0 Å². The summed E-state index contributed by atoms with van der Waals surface area (Å²) in [6.07, 6.45) is 2.82. The summed E-state index contributed by atoms with van der Waals surface area (Å²) < 4.78 is 18.7. The maximum absolute atomic E-state index is 13.4. The molecule has 22 heavy (non-hydrogen) atoms. The highest BCUT2D eigenvalue weighted by molar-refractivity contribution is 5.36. The lowest BCUT2D eigenvalue weighted by Crippen LogP contribution is -2.27. The molecule has 0 atom stereocenters. The Hall–Kier alpha value is -2.21. The summed E-state index contributed by atoms with van der Waals surface area (Å²) in [4.78, 5) is 8.39. The summed E-state index contributed by atoms with van der Waals surface area (Å²) in [7, 11) is 0. The Morgan fingerprint density at radius 2 is 2.09 bits per heavy atom. The van der Waals surface area contributed by atoms with Crippen LogP contribution in [0.15, 0.2) is 36.7 Å². The fourth-order valence-corrected chi connectivity index (χ4v) is 2.42. The van der Waals surface area contributed by atoms with E-state index in [0.717, 1.165) is 18.5 Å². The second kappa shape index (κ2) is 6.70. The molecule has 1 heterocycles. The molecule has 0 aliphatic heterocycles. The number of para-hydroxylation sites is 1. The molecule has 3 rings (SSSR count). The molecule has 0 bridgehead atoms. The Morgan fingerprint density at radius 3 is 2.86 bits per heavy atom. The number of nitrogens with one attached hydrogen (secondary N) is 1. The molecule has 2 N–H and O–H groups in total. The first-order valence-electron chi connectivity index (χ1n) is 7.33. The molecule has 0 amide bonds. The van der Waals surface area contributed by atoms with Crippen molar-refractivity contribution >= 4 is 5.82 Å². The molecule has 1 aromatic heterocycles. The first kappa shape index (κ1) is 14.7. The molecule has 5 nitrogen and oxygen atoms in total. The number of nitrogens with zero attached hydrogens (tertiary/aromatic N) is 2. The molecule has 6 heteroatoms. The average Bonchev–Trinajstić information content (AvgIpc) is 2.50. The van der Waals surface area contributed by atoms with E-state index in [1.54, 1.807) is 18.2 Å². The van der Waals surface area contributed by atoms with Crippen LogP contribution < -0.4 is 10.1 Å². The van der Waals surface area contributed by atoms with Crippen molar-refractivity contribution in [1.82, 2.24) is 9.97 Å². The molecule has 0 radical (unpaired) electrons. The second-order valence-electron chi connectivity index (χ2n) is 5.36. The number of benzene rings is 1. The van der Waals surface area contributed by atoms with Gasteiger partial charge in [0.25, 0.3) is 0 Å². The summed E-state index contributed by atoms with van der Waals surface area (Å²) in [5.74, 6) is 0.906. The zero-order valence-electron chi connectivity index (χ0n) is 12.1. The fraction of sp³-hybridized carbons (Fsp3) is 0.375. The summed E-state index contributed by atoms with van der Waals surface area (Å²) >= 11 is 0. The smallest absolute Gasteiger partial charge is 0.165 e. The van der Waals surface area contributed by atoms with E-state index in [1.807, 2.05) is 6.07 Å². The lowest BCUT2D eigenvalue weighted by atomic mass is 9.80. The third-order valence-corrected chi connectivity index (χ3v) is 3.72. The normalized spacial score (nSPS) is 20.3. The quantitative estimate of drug-likeness (QED) is 0.802. The average molecular weight is 303 g/mol. The number of hydrogen-bond donors (Lipinski definition) is 2. The molecule has 116 valence electrons. The SMILES string of the molecule is OC1CC(c2cc(NCCOc3ccccc3F)ncn2)C1. The van der Waals surface area contributed by atoms with E-state index in [-0.39, 0.29) is 17.7 Å². The van der Waals surface area contributed by atoms with Crippen molar-refractivity contribution in [3.8, 4) is 5.75 Å². The highest BCUT2D eigenvalue weighted by Crippen LogP contribution is 2.35. The van der Waals surface area contributed by atoms with E-state index in [9.17, 15) is 9.50 Å². The van der Waals surface area contributed by atoms with Crippen molar-refractivity contribution in [2.75, 3.05) is 18.5 Å². The van der Waals surface area contributed by atoms with Crippen LogP contribution >= 0.6 is 0 Å². The third-order valence-electron chi connectivity index (χ3n) is 3.72. The molecule has 1 fully saturated rings. The monoisotopic (exact) mass is 303 g/mol. The van der Waals surface area contributed by atoms with Crippen molar-refractivity contribution < 1.29 is 14.2 Å². The van der Waals surface area contributed by atoms with Gasteiger partial charge in [0.1, 0.15) is 18.8 Å². The predicted octanol–water partition coefficient (Wildman–Crippen LogP) is 2.34. The van der Waals surface area contributed by atoms with E-state index in [1.165, 1.54) is 12.4 Å². The summed E-state index contributed by atoms with van der Waals surface area (Å²) in [5, 5.41) is 12.5. The molecular weight excluding hydrogens is 285 g/mol. The van der Waals surface area contributed by atoms with Crippen LogP contribution in [-0.2, 0) is 0 Å². The first-order chi connectivity index (χ1) is 10.7. The zero-order valence-corrected chi connectivity index (χ0v) is 12.1. The number of aromatic nitrogens is 2. The topological polar surface area (TPSA) is 67.3 Å². The number of rotatable bonds is 6. The molecule has 0 saturated heterocycles. The molecule has 0 unspecified atom stereocenters. The van der Waals surface area contributed by atoms with Crippen LogP contribution in [0.4, 0.5) is 10.2 Å². The van der Waals surface area contributed by atoms with Crippen LogP contribution in [0.25, 0.3) is 0 Å². The molecule has 1 saturated carbocycles. The van der Waals surface area contributed by atoms with Gasteiger partial charge < -0.3 is 15.2 Å². The van der Waals surface area contributed by atoms with E-state index >= 15 is 0 Å². The standard InChI is InChI=1S/C16H18FN3O2/c17-13-3-1-2-4-15(13)22-6-5-18-16-9-14(19-10-20-16)11-7-12(21)8-11/h1-4,9-12,21H,5-8H2,(H,18,19,20). The van der Waals surface area contributed by atoms with Gasteiger partial charge in [-0.2, -0.15) is 0 Å². The minimum atomic E-state index is -0.365. The fourth-order valence-electron chi connectivity index (χ4n) is 2.42. The Morgan fingerprint density at radius 1 is 1.27 bits per heavy atom. The van der Waals surface area contributed by atoms with Gasteiger partial charge in [0.2, 0.25) is 0 Å². The number of aliphatic hydroxyl groups is 1. The maximum Gasteiger partial charge on any atom is 0.165 e. The van der Waals surface area contributed by atoms with Gasteiger partial charge in [0.15, 0.2) is 11.6 Å². The Bertz CT molecular complexity index is 632. The summed E-state index contributed by atoms with van der Waals surface area (Å²) in [6.45, 7) is 0.848. The van der Waals surface area contributed by atoms with Crippen molar-refractivity contribution in [3.05, 3.63) is 48.2 Å². The molecule has 1 aliphatic rings. The van der Waals surface area contributed by atoms with Crippen LogP contribution in [-0.4, -0.2) is 34.3 Å². The minimum Gasteiger partial charge on any atom is -0.489 e. The number of ether oxygens (including phenoxy) is 1. The van der Waals surface area contributed by atoms with E-state index in [0.29, 0.717) is 24.9 Å². The van der Waals surface area contributed by atoms with Crippen LogP contribution in [0.3, 0.4) is 0 Å². The third kappa shape index (κ3) is 3.51. The summed E-state index contributed by atoms with van der Waals surface area (Å²) in [6, 6.07) is 8.21. The zero-order chi connectivity index (χ0) is 15.4. The Labute approximate surface area is 128 Å². The maximum atomic E-state index is 13.4. The van der Waals surface area contributed by atoms with Crippen molar-refractivity contribution in [2.45, 2.75) is 24.9 Å². The van der Waals surface area contributed by atoms with Gasteiger partial charge >= 0.3 is 0 Å². The van der Waals surface area contributed by atoms with Gasteiger partial charge in [0, 0.05) is 17.7 Å². The Kier molecular flexibility index (Phi) is 4.48. The van der Waals surface area contributed by atoms with Gasteiger partial charge in [-0.15, -0.1) is 0 Å². The first-order valence-corrected chi connectivity index (χ1v) is 7.33. The van der Waals surface area contributed by atoms with Crippen LogP contribution in [0.1, 0.15) is 24.5 Å². The van der Waals surface area contributed by atoms with Crippen molar-refractivity contribution in [3.63, 3.8) is 0 Å². The molecule has 2 aromatic rings. The van der Waals surface area contributed by atoms with E-state index in [2.05, 4.69) is 15.3 Å². The largest absolute Gasteiger partial charge is 0.489 e. The molecular formula is C16H18FN3O2.